The van der Waals surface area contributed by atoms with Crippen molar-refractivity contribution >= 4 is 5.97 Å². The third-order valence-corrected chi connectivity index (χ3v) is 3.86. The van der Waals surface area contributed by atoms with Gasteiger partial charge in [-0.25, -0.2) is 9.18 Å². The van der Waals surface area contributed by atoms with Crippen molar-refractivity contribution < 1.29 is 14.3 Å². The van der Waals surface area contributed by atoms with Crippen molar-refractivity contribution in [3.8, 4) is 11.1 Å². The zero-order valence-electron chi connectivity index (χ0n) is 12.0. The van der Waals surface area contributed by atoms with Gasteiger partial charge in [0, 0.05) is 5.56 Å². The SMILES string of the molecule is Cc1cc(C)c(C)c(-c2cccc(C(=O)O)c2F)c1C. The second kappa shape index (κ2) is 5.08. The summed E-state index contributed by atoms with van der Waals surface area (Å²) in [5.41, 5.74) is 4.96. The van der Waals surface area contributed by atoms with Gasteiger partial charge in [-0.15, -0.1) is 0 Å². The van der Waals surface area contributed by atoms with Crippen LogP contribution in [0.2, 0.25) is 0 Å². The summed E-state index contributed by atoms with van der Waals surface area (Å²) in [4.78, 5) is 11.1. The molecular formula is C17H17FO2. The molecule has 0 aliphatic carbocycles. The molecule has 0 amide bonds. The molecule has 0 aromatic heterocycles. The van der Waals surface area contributed by atoms with Gasteiger partial charge in [0.15, 0.2) is 0 Å². The Hall–Kier alpha value is -2.16. The summed E-state index contributed by atoms with van der Waals surface area (Å²) in [5.74, 6) is -1.92. The van der Waals surface area contributed by atoms with E-state index in [0.29, 0.717) is 5.56 Å². The van der Waals surface area contributed by atoms with Crippen molar-refractivity contribution in [2.75, 3.05) is 0 Å². The summed E-state index contributed by atoms with van der Waals surface area (Å²) >= 11 is 0. The minimum atomic E-state index is -1.25. The minimum absolute atomic E-state index is 0.291. The number of halogens is 1. The first kappa shape index (κ1) is 14.3. The summed E-state index contributed by atoms with van der Waals surface area (Å²) in [6.45, 7) is 7.82. The van der Waals surface area contributed by atoms with Gasteiger partial charge in [0.2, 0.25) is 0 Å². The van der Waals surface area contributed by atoms with Gasteiger partial charge >= 0.3 is 5.97 Å². The second-order valence-corrected chi connectivity index (χ2v) is 5.11. The molecule has 0 saturated heterocycles. The van der Waals surface area contributed by atoms with Crippen LogP contribution in [0.5, 0.6) is 0 Å². The molecule has 2 aromatic rings. The molecule has 2 nitrogen and oxygen atoms in total. The van der Waals surface area contributed by atoms with Gasteiger partial charge in [-0.3, -0.25) is 0 Å². The third-order valence-electron chi connectivity index (χ3n) is 3.86. The molecule has 0 bridgehead atoms. The standard InChI is InChI=1S/C17H17FO2/c1-9-8-10(2)12(4)15(11(9)3)13-6-5-7-14(16(13)18)17(19)20/h5-8H,1-4H3,(H,19,20). The molecule has 0 spiro atoms. The minimum Gasteiger partial charge on any atom is -0.478 e. The normalized spacial score (nSPS) is 10.7. The lowest BCUT2D eigenvalue weighted by molar-refractivity contribution is 0.0692. The molecule has 2 rings (SSSR count). The van der Waals surface area contributed by atoms with E-state index in [9.17, 15) is 9.18 Å². The van der Waals surface area contributed by atoms with Crippen LogP contribution < -0.4 is 0 Å². The van der Waals surface area contributed by atoms with Crippen molar-refractivity contribution in [3.63, 3.8) is 0 Å². The highest BCUT2D eigenvalue weighted by molar-refractivity contribution is 5.90. The molecule has 0 aliphatic rings. The van der Waals surface area contributed by atoms with Gasteiger partial charge in [0.1, 0.15) is 5.82 Å². The quantitative estimate of drug-likeness (QED) is 0.878. The Balaban J connectivity index is 2.82. The van der Waals surface area contributed by atoms with Crippen LogP contribution in [0.4, 0.5) is 4.39 Å². The van der Waals surface area contributed by atoms with E-state index in [4.69, 9.17) is 5.11 Å². The summed E-state index contributed by atoms with van der Waals surface area (Å²) in [7, 11) is 0. The van der Waals surface area contributed by atoms with Gasteiger partial charge < -0.3 is 5.11 Å². The van der Waals surface area contributed by atoms with Crippen LogP contribution in [-0.4, -0.2) is 11.1 Å². The first-order valence-electron chi connectivity index (χ1n) is 6.44. The smallest absolute Gasteiger partial charge is 0.338 e. The maximum Gasteiger partial charge on any atom is 0.338 e. The zero-order valence-corrected chi connectivity index (χ0v) is 12.0. The van der Waals surface area contributed by atoms with E-state index in [2.05, 4.69) is 6.07 Å². The van der Waals surface area contributed by atoms with Gasteiger partial charge in [-0.1, -0.05) is 18.2 Å². The fraction of sp³-hybridized carbons (Fsp3) is 0.235. The zero-order chi connectivity index (χ0) is 15.0. The number of hydrogen-bond acceptors (Lipinski definition) is 1. The van der Waals surface area contributed by atoms with Gasteiger partial charge in [-0.2, -0.15) is 0 Å². The molecule has 0 fully saturated rings. The van der Waals surface area contributed by atoms with Crippen LogP contribution in [0.3, 0.4) is 0 Å². The first-order chi connectivity index (χ1) is 9.34. The van der Waals surface area contributed by atoms with Gasteiger partial charge in [0.25, 0.3) is 0 Å². The molecule has 2 aromatic carbocycles. The van der Waals surface area contributed by atoms with E-state index < -0.39 is 11.8 Å². The monoisotopic (exact) mass is 272 g/mol. The molecule has 0 radical (unpaired) electrons. The second-order valence-electron chi connectivity index (χ2n) is 5.11. The Labute approximate surface area is 117 Å². The van der Waals surface area contributed by atoms with Crippen molar-refractivity contribution in [1.29, 1.82) is 0 Å². The average Bonchev–Trinajstić information content (AvgIpc) is 2.38. The number of carbonyl (C=O) groups is 1. The van der Waals surface area contributed by atoms with E-state index in [1.807, 2.05) is 27.7 Å². The fourth-order valence-corrected chi connectivity index (χ4v) is 2.51. The van der Waals surface area contributed by atoms with Crippen LogP contribution in [0, 0.1) is 33.5 Å². The number of aromatic carboxylic acids is 1. The largest absolute Gasteiger partial charge is 0.478 e. The predicted octanol–water partition coefficient (Wildman–Crippen LogP) is 4.42. The lowest BCUT2D eigenvalue weighted by Gasteiger charge is -2.16. The molecule has 0 saturated carbocycles. The molecule has 3 heteroatoms. The predicted molar refractivity (Wildman–Crippen MR) is 77.7 cm³/mol. The molecule has 0 heterocycles. The number of hydrogen-bond donors (Lipinski definition) is 1. The maximum atomic E-state index is 14.5. The van der Waals surface area contributed by atoms with E-state index in [1.165, 1.54) is 6.07 Å². The molecular weight excluding hydrogens is 255 g/mol. The highest BCUT2D eigenvalue weighted by atomic mass is 19.1. The van der Waals surface area contributed by atoms with Crippen molar-refractivity contribution in [2.45, 2.75) is 27.7 Å². The number of carboxylic acid groups (broad SMARTS) is 1. The molecule has 104 valence electrons. The van der Waals surface area contributed by atoms with E-state index in [1.54, 1.807) is 12.1 Å². The van der Waals surface area contributed by atoms with Crippen LogP contribution in [0.1, 0.15) is 32.6 Å². The molecule has 0 atom stereocenters. The molecule has 20 heavy (non-hydrogen) atoms. The number of rotatable bonds is 2. The Kier molecular flexibility index (Phi) is 3.62. The van der Waals surface area contributed by atoms with Crippen LogP contribution >= 0.6 is 0 Å². The topological polar surface area (TPSA) is 37.3 Å². The van der Waals surface area contributed by atoms with Crippen molar-refractivity contribution in [2.24, 2.45) is 0 Å². The van der Waals surface area contributed by atoms with Crippen LogP contribution in [0.15, 0.2) is 24.3 Å². The summed E-state index contributed by atoms with van der Waals surface area (Å²) < 4.78 is 14.5. The van der Waals surface area contributed by atoms with Gasteiger partial charge in [0.05, 0.1) is 5.56 Å². The maximum absolute atomic E-state index is 14.5. The van der Waals surface area contributed by atoms with E-state index in [0.717, 1.165) is 27.8 Å². The Morgan fingerprint density at radius 3 is 2.10 bits per heavy atom. The highest BCUT2D eigenvalue weighted by Gasteiger charge is 2.18. The molecule has 0 unspecified atom stereocenters. The Morgan fingerprint density at radius 1 is 1.05 bits per heavy atom. The van der Waals surface area contributed by atoms with E-state index >= 15 is 0 Å². The Bertz CT molecular complexity index is 676. The number of aryl methyl sites for hydroxylation is 2. The number of carboxylic acids is 1. The van der Waals surface area contributed by atoms with Crippen LogP contribution in [-0.2, 0) is 0 Å². The average molecular weight is 272 g/mol. The summed E-state index contributed by atoms with van der Waals surface area (Å²) in [6.07, 6.45) is 0. The number of benzene rings is 2. The summed E-state index contributed by atoms with van der Waals surface area (Å²) in [5, 5.41) is 9.04. The summed E-state index contributed by atoms with van der Waals surface area (Å²) in [6, 6.07) is 6.57. The fourth-order valence-electron chi connectivity index (χ4n) is 2.51. The highest BCUT2D eigenvalue weighted by Crippen LogP contribution is 2.34. The lowest BCUT2D eigenvalue weighted by Crippen LogP contribution is -2.04. The first-order valence-corrected chi connectivity index (χ1v) is 6.44. The third kappa shape index (κ3) is 2.20. The molecule has 0 aliphatic heterocycles. The van der Waals surface area contributed by atoms with Crippen molar-refractivity contribution in [1.82, 2.24) is 0 Å². The van der Waals surface area contributed by atoms with Gasteiger partial charge in [-0.05, 0) is 61.6 Å². The lowest BCUT2D eigenvalue weighted by atomic mass is 9.89. The van der Waals surface area contributed by atoms with Crippen molar-refractivity contribution in [3.05, 3.63) is 57.9 Å². The Morgan fingerprint density at radius 2 is 1.60 bits per heavy atom. The molecule has 1 N–H and O–H groups in total. The van der Waals surface area contributed by atoms with E-state index in [-0.39, 0.29) is 5.56 Å². The van der Waals surface area contributed by atoms with Crippen LogP contribution in [0.25, 0.3) is 11.1 Å².